The second-order valence-electron chi connectivity index (χ2n) is 8.82. The average Bonchev–Trinajstić information content (AvgIpc) is 2.94. The van der Waals surface area contributed by atoms with Crippen LogP contribution in [0.2, 0.25) is 0 Å². The molecule has 0 unspecified atom stereocenters. The fourth-order valence-electron chi connectivity index (χ4n) is 4.23. The number of aromatic nitrogens is 2. The minimum atomic E-state index is 0.0191. The summed E-state index contributed by atoms with van der Waals surface area (Å²) >= 11 is 0. The van der Waals surface area contributed by atoms with E-state index in [1.54, 1.807) is 20.4 Å². The van der Waals surface area contributed by atoms with E-state index < -0.39 is 0 Å². The quantitative estimate of drug-likeness (QED) is 0.383. The van der Waals surface area contributed by atoms with Gasteiger partial charge in [-0.3, -0.25) is 9.69 Å². The Kier molecular flexibility index (Phi) is 9.67. The first-order valence-corrected chi connectivity index (χ1v) is 12.6. The Morgan fingerprint density at radius 2 is 1.89 bits per heavy atom. The van der Waals surface area contributed by atoms with Crippen molar-refractivity contribution in [3.05, 3.63) is 60.3 Å². The summed E-state index contributed by atoms with van der Waals surface area (Å²) in [4.78, 5) is 23.8. The largest absolute Gasteiger partial charge is 0.493 e. The van der Waals surface area contributed by atoms with Gasteiger partial charge in [0.2, 0.25) is 11.9 Å². The van der Waals surface area contributed by atoms with E-state index in [0.29, 0.717) is 30.4 Å². The molecule has 3 aromatic rings. The lowest BCUT2D eigenvalue weighted by Gasteiger charge is -2.26. The van der Waals surface area contributed by atoms with Crippen molar-refractivity contribution in [2.24, 2.45) is 0 Å². The summed E-state index contributed by atoms with van der Waals surface area (Å²) in [5.41, 5.74) is 3.58. The SMILES string of the molecule is COc1ccc(CCNc2nccc(-c3cccc(NC(=O)CCCN4CCOCC4)c3)n2)cc1OC. The van der Waals surface area contributed by atoms with E-state index in [1.165, 1.54) is 0 Å². The molecule has 2 heterocycles. The van der Waals surface area contributed by atoms with Crippen LogP contribution in [0.25, 0.3) is 11.3 Å². The normalized spacial score (nSPS) is 13.7. The number of carbonyl (C=O) groups is 1. The number of rotatable bonds is 12. The van der Waals surface area contributed by atoms with E-state index in [-0.39, 0.29) is 5.91 Å². The first-order valence-electron chi connectivity index (χ1n) is 12.6. The predicted molar refractivity (Wildman–Crippen MR) is 144 cm³/mol. The fraction of sp³-hybridized carbons (Fsp3) is 0.393. The van der Waals surface area contributed by atoms with Crippen molar-refractivity contribution in [3.8, 4) is 22.8 Å². The summed E-state index contributed by atoms with van der Waals surface area (Å²) in [5, 5.41) is 6.30. The van der Waals surface area contributed by atoms with Gasteiger partial charge in [-0.25, -0.2) is 9.97 Å². The monoisotopic (exact) mass is 505 g/mol. The minimum absolute atomic E-state index is 0.0191. The lowest BCUT2D eigenvalue weighted by molar-refractivity contribution is -0.116. The second-order valence-corrected chi connectivity index (χ2v) is 8.82. The zero-order valence-electron chi connectivity index (χ0n) is 21.5. The van der Waals surface area contributed by atoms with Gasteiger partial charge in [0, 0.05) is 43.5 Å². The van der Waals surface area contributed by atoms with E-state index in [4.69, 9.17) is 14.2 Å². The molecule has 4 rings (SSSR count). The number of nitrogens with zero attached hydrogens (tertiary/aromatic N) is 3. The summed E-state index contributed by atoms with van der Waals surface area (Å²) < 4.78 is 16.1. The molecular weight excluding hydrogens is 470 g/mol. The highest BCUT2D eigenvalue weighted by Crippen LogP contribution is 2.27. The van der Waals surface area contributed by atoms with Crippen LogP contribution >= 0.6 is 0 Å². The summed E-state index contributed by atoms with van der Waals surface area (Å²) in [6.45, 7) is 5.01. The van der Waals surface area contributed by atoms with Crippen LogP contribution in [0.1, 0.15) is 18.4 Å². The Hall–Kier alpha value is -3.69. The maximum absolute atomic E-state index is 12.5. The third kappa shape index (κ3) is 7.90. The first-order chi connectivity index (χ1) is 18.1. The number of amides is 1. The smallest absolute Gasteiger partial charge is 0.224 e. The van der Waals surface area contributed by atoms with Crippen molar-refractivity contribution < 1.29 is 19.0 Å². The maximum Gasteiger partial charge on any atom is 0.224 e. The molecule has 37 heavy (non-hydrogen) atoms. The van der Waals surface area contributed by atoms with Crippen LogP contribution in [0.5, 0.6) is 11.5 Å². The van der Waals surface area contributed by atoms with Crippen LogP contribution in [-0.2, 0) is 16.0 Å². The summed E-state index contributed by atoms with van der Waals surface area (Å²) in [6, 6.07) is 15.5. The molecule has 2 aromatic carbocycles. The van der Waals surface area contributed by atoms with Crippen molar-refractivity contribution >= 4 is 17.5 Å². The Labute approximate surface area is 218 Å². The number of anilines is 2. The van der Waals surface area contributed by atoms with E-state index in [0.717, 1.165) is 68.2 Å². The van der Waals surface area contributed by atoms with Gasteiger partial charge >= 0.3 is 0 Å². The van der Waals surface area contributed by atoms with Crippen LogP contribution in [-0.4, -0.2) is 74.4 Å². The summed E-state index contributed by atoms with van der Waals surface area (Å²) in [7, 11) is 3.26. The highest BCUT2D eigenvalue weighted by Gasteiger charge is 2.11. The van der Waals surface area contributed by atoms with Crippen molar-refractivity contribution in [1.82, 2.24) is 14.9 Å². The second kappa shape index (κ2) is 13.6. The van der Waals surface area contributed by atoms with Crippen molar-refractivity contribution in [2.45, 2.75) is 19.3 Å². The Balaban J connectivity index is 1.29. The van der Waals surface area contributed by atoms with E-state index in [2.05, 4.69) is 25.5 Å². The molecule has 1 fully saturated rings. The number of benzene rings is 2. The van der Waals surface area contributed by atoms with Gasteiger partial charge in [0.05, 0.1) is 33.1 Å². The third-order valence-electron chi connectivity index (χ3n) is 6.22. The number of morpholine rings is 1. The highest BCUT2D eigenvalue weighted by atomic mass is 16.5. The van der Waals surface area contributed by atoms with Crippen molar-refractivity contribution in [3.63, 3.8) is 0 Å². The zero-order valence-corrected chi connectivity index (χ0v) is 21.5. The number of ether oxygens (including phenoxy) is 3. The Morgan fingerprint density at radius 3 is 2.70 bits per heavy atom. The molecule has 196 valence electrons. The summed E-state index contributed by atoms with van der Waals surface area (Å²) in [5.74, 6) is 1.99. The van der Waals surface area contributed by atoms with Gasteiger partial charge in [-0.2, -0.15) is 0 Å². The molecule has 1 amide bonds. The molecule has 0 bridgehead atoms. The predicted octanol–water partition coefficient (Wildman–Crippen LogP) is 3.87. The van der Waals surface area contributed by atoms with Gasteiger partial charge in [-0.1, -0.05) is 18.2 Å². The van der Waals surface area contributed by atoms with E-state index in [1.807, 2.05) is 48.5 Å². The molecule has 2 N–H and O–H groups in total. The molecule has 1 aliphatic rings. The number of hydrogen-bond donors (Lipinski definition) is 2. The molecule has 0 atom stereocenters. The standard InChI is InChI=1S/C28H35N5O4/c1-35-25-9-8-21(19-26(25)36-2)10-12-29-28-30-13-11-24(32-28)22-5-3-6-23(20-22)31-27(34)7-4-14-33-15-17-37-18-16-33/h3,5-6,8-9,11,13,19-20H,4,7,10,12,14-18H2,1-2H3,(H,31,34)(H,29,30,32). The molecule has 0 saturated carbocycles. The van der Waals surface area contributed by atoms with Gasteiger partial charge in [0.25, 0.3) is 0 Å². The number of nitrogens with one attached hydrogen (secondary N) is 2. The van der Waals surface area contributed by atoms with Gasteiger partial charge in [0.15, 0.2) is 11.5 Å². The summed E-state index contributed by atoms with van der Waals surface area (Å²) in [6.07, 6.45) is 3.83. The third-order valence-corrected chi connectivity index (χ3v) is 6.22. The molecule has 0 spiro atoms. The van der Waals surface area contributed by atoms with Crippen molar-refractivity contribution in [1.29, 1.82) is 0 Å². The van der Waals surface area contributed by atoms with Crippen LogP contribution in [0, 0.1) is 0 Å². The first kappa shape index (κ1) is 26.4. The Morgan fingerprint density at radius 1 is 1.05 bits per heavy atom. The van der Waals surface area contributed by atoms with Crippen LogP contribution < -0.4 is 20.1 Å². The van der Waals surface area contributed by atoms with Crippen LogP contribution in [0.15, 0.2) is 54.7 Å². The van der Waals surface area contributed by atoms with Gasteiger partial charge in [-0.05, 0) is 55.3 Å². The number of carbonyl (C=O) groups excluding carboxylic acids is 1. The molecule has 1 aliphatic heterocycles. The van der Waals surface area contributed by atoms with Gasteiger partial charge < -0.3 is 24.8 Å². The van der Waals surface area contributed by atoms with E-state index in [9.17, 15) is 4.79 Å². The lowest BCUT2D eigenvalue weighted by atomic mass is 10.1. The molecule has 0 aliphatic carbocycles. The molecule has 0 radical (unpaired) electrons. The van der Waals surface area contributed by atoms with Gasteiger partial charge in [-0.15, -0.1) is 0 Å². The molecular formula is C28H35N5O4. The maximum atomic E-state index is 12.5. The zero-order chi connectivity index (χ0) is 25.9. The van der Waals surface area contributed by atoms with Crippen molar-refractivity contribution in [2.75, 3.05) is 64.2 Å². The molecule has 1 aromatic heterocycles. The number of hydrogen-bond acceptors (Lipinski definition) is 8. The van der Waals surface area contributed by atoms with Crippen LogP contribution in [0.4, 0.5) is 11.6 Å². The molecule has 9 heteroatoms. The highest BCUT2D eigenvalue weighted by molar-refractivity contribution is 5.91. The Bertz CT molecular complexity index is 1170. The lowest BCUT2D eigenvalue weighted by Crippen LogP contribution is -2.37. The van der Waals surface area contributed by atoms with Gasteiger partial charge in [0.1, 0.15) is 0 Å². The number of methoxy groups -OCH3 is 2. The topological polar surface area (TPSA) is 97.8 Å². The molecule has 9 nitrogen and oxygen atoms in total. The van der Waals surface area contributed by atoms with Crippen LogP contribution in [0.3, 0.4) is 0 Å². The van der Waals surface area contributed by atoms with E-state index >= 15 is 0 Å². The minimum Gasteiger partial charge on any atom is -0.493 e. The molecule has 1 saturated heterocycles. The average molecular weight is 506 g/mol. The fourth-order valence-corrected chi connectivity index (χ4v) is 4.23.